The van der Waals surface area contributed by atoms with Gasteiger partial charge in [-0.05, 0) is 32.0 Å². The molecule has 1 aromatic carbocycles. The molecule has 0 atom stereocenters. The van der Waals surface area contributed by atoms with E-state index in [1.165, 1.54) is 0 Å². The molecule has 118 valence electrons. The van der Waals surface area contributed by atoms with Gasteiger partial charge in [0.1, 0.15) is 5.82 Å². The largest absolute Gasteiger partial charge is 0.353 e. The van der Waals surface area contributed by atoms with Gasteiger partial charge in [0.2, 0.25) is 15.9 Å². The van der Waals surface area contributed by atoms with Crippen molar-refractivity contribution in [2.45, 2.75) is 31.7 Å². The van der Waals surface area contributed by atoms with Crippen LogP contribution in [0.3, 0.4) is 0 Å². The maximum atomic E-state index is 13.1. The molecule has 0 heterocycles. The van der Waals surface area contributed by atoms with Crippen LogP contribution in [-0.4, -0.2) is 37.8 Å². The Labute approximate surface area is 129 Å². The highest BCUT2D eigenvalue weighted by molar-refractivity contribution is 7.89. The van der Waals surface area contributed by atoms with Crippen LogP contribution in [0.4, 0.5) is 4.39 Å². The van der Waals surface area contributed by atoms with Crippen molar-refractivity contribution in [3.05, 3.63) is 29.0 Å². The van der Waals surface area contributed by atoms with Gasteiger partial charge in [-0.2, -0.15) is 4.31 Å². The lowest BCUT2D eigenvalue weighted by Gasteiger charge is -2.21. The first kappa shape index (κ1) is 17.9. The second-order valence-corrected chi connectivity index (χ2v) is 7.07. The molecule has 0 unspecified atom stereocenters. The van der Waals surface area contributed by atoms with Crippen molar-refractivity contribution in [3.63, 3.8) is 0 Å². The summed E-state index contributed by atoms with van der Waals surface area (Å²) in [6.07, 6.45) is 0. The molecular formula is C13H18ClFN2O3S. The Morgan fingerprint density at radius 2 is 2.05 bits per heavy atom. The monoisotopic (exact) mass is 336 g/mol. The molecule has 1 amide bonds. The average Bonchev–Trinajstić information content (AvgIpc) is 2.37. The fourth-order valence-corrected chi connectivity index (χ4v) is 3.36. The van der Waals surface area contributed by atoms with Gasteiger partial charge in [-0.3, -0.25) is 4.79 Å². The van der Waals surface area contributed by atoms with Crippen molar-refractivity contribution < 1.29 is 17.6 Å². The molecule has 0 fully saturated rings. The molecule has 0 bridgehead atoms. The van der Waals surface area contributed by atoms with E-state index in [-0.39, 0.29) is 29.0 Å². The zero-order valence-electron chi connectivity index (χ0n) is 12.1. The number of carbonyl (C=O) groups excluding carboxylic acids is 1. The Morgan fingerprint density at radius 3 is 2.52 bits per heavy atom. The SMILES string of the molecule is CCN(CC(=O)NC(C)C)S(=O)(=O)c1ccc(F)c(Cl)c1. The van der Waals surface area contributed by atoms with Crippen LogP contribution in [0.5, 0.6) is 0 Å². The number of amides is 1. The van der Waals surface area contributed by atoms with Crippen molar-refractivity contribution in [2.24, 2.45) is 0 Å². The summed E-state index contributed by atoms with van der Waals surface area (Å²) < 4.78 is 39.0. The number of rotatable bonds is 6. The van der Waals surface area contributed by atoms with Crippen molar-refractivity contribution in [1.82, 2.24) is 9.62 Å². The summed E-state index contributed by atoms with van der Waals surface area (Å²) in [5.41, 5.74) is 0. The van der Waals surface area contributed by atoms with E-state index in [0.29, 0.717) is 0 Å². The van der Waals surface area contributed by atoms with Crippen molar-refractivity contribution in [3.8, 4) is 0 Å². The fourth-order valence-electron chi connectivity index (χ4n) is 1.68. The summed E-state index contributed by atoms with van der Waals surface area (Å²) in [5, 5.41) is 2.34. The zero-order valence-corrected chi connectivity index (χ0v) is 13.6. The summed E-state index contributed by atoms with van der Waals surface area (Å²) in [4.78, 5) is 11.6. The van der Waals surface area contributed by atoms with E-state index in [2.05, 4.69) is 5.32 Å². The summed E-state index contributed by atoms with van der Waals surface area (Å²) in [6.45, 7) is 4.99. The van der Waals surface area contributed by atoms with Gasteiger partial charge in [0.15, 0.2) is 0 Å². The van der Waals surface area contributed by atoms with Gasteiger partial charge in [0.25, 0.3) is 0 Å². The third-order valence-corrected chi connectivity index (χ3v) is 4.86. The van der Waals surface area contributed by atoms with E-state index in [9.17, 15) is 17.6 Å². The molecule has 0 aliphatic rings. The average molecular weight is 337 g/mol. The predicted octanol–water partition coefficient (Wildman–Crippen LogP) is 2.01. The summed E-state index contributed by atoms with van der Waals surface area (Å²) in [6, 6.07) is 3.06. The minimum Gasteiger partial charge on any atom is -0.353 e. The van der Waals surface area contributed by atoms with E-state index in [4.69, 9.17) is 11.6 Å². The molecular weight excluding hydrogens is 319 g/mol. The van der Waals surface area contributed by atoms with E-state index in [1.807, 2.05) is 0 Å². The van der Waals surface area contributed by atoms with Crippen LogP contribution in [-0.2, 0) is 14.8 Å². The van der Waals surface area contributed by atoms with Crippen LogP contribution in [0, 0.1) is 5.82 Å². The Balaban J connectivity index is 3.02. The Morgan fingerprint density at radius 1 is 1.43 bits per heavy atom. The van der Waals surface area contributed by atoms with Gasteiger partial charge in [-0.25, -0.2) is 12.8 Å². The Bertz CT molecular complexity index is 620. The topological polar surface area (TPSA) is 66.5 Å². The molecule has 1 N–H and O–H groups in total. The van der Waals surface area contributed by atoms with E-state index < -0.39 is 21.7 Å². The van der Waals surface area contributed by atoms with Gasteiger partial charge in [0, 0.05) is 12.6 Å². The maximum Gasteiger partial charge on any atom is 0.243 e. The van der Waals surface area contributed by atoms with Crippen LogP contribution < -0.4 is 5.32 Å². The number of benzene rings is 1. The van der Waals surface area contributed by atoms with Crippen LogP contribution in [0.15, 0.2) is 23.1 Å². The van der Waals surface area contributed by atoms with E-state index in [0.717, 1.165) is 22.5 Å². The van der Waals surface area contributed by atoms with Gasteiger partial charge in [-0.1, -0.05) is 18.5 Å². The maximum absolute atomic E-state index is 13.1. The fraction of sp³-hybridized carbons (Fsp3) is 0.462. The molecule has 0 aliphatic heterocycles. The molecule has 0 saturated heterocycles. The second-order valence-electron chi connectivity index (χ2n) is 4.73. The van der Waals surface area contributed by atoms with Gasteiger partial charge in [0.05, 0.1) is 16.5 Å². The number of likely N-dealkylation sites (N-methyl/N-ethyl adjacent to an activating group) is 1. The number of nitrogens with one attached hydrogen (secondary N) is 1. The van der Waals surface area contributed by atoms with Crippen molar-refractivity contribution in [1.29, 1.82) is 0 Å². The number of hydrogen-bond donors (Lipinski definition) is 1. The van der Waals surface area contributed by atoms with E-state index in [1.54, 1.807) is 20.8 Å². The van der Waals surface area contributed by atoms with Crippen LogP contribution >= 0.6 is 11.6 Å². The first-order chi connectivity index (χ1) is 9.68. The van der Waals surface area contributed by atoms with Gasteiger partial charge < -0.3 is 5.32 Å². The summed E-state index contributed by atoms with van der Waals surface area (Å²) in [7, 11) is -3.90. The Kier molecular flexibility index (Phi) is 6.12. The van der Waals surface area contributed by atoms with Crippen LogP contribution in [0.25, 0.3) is 0 Å². The molecule has 0 aromatic heterocycles. The second kappa shape index (κ2) is 7.20. The zero-order chi connectivity index (χ0) is 16.2. The molecule has 0 spiro atoms. The van der Waals surface area contributed by atoms with Crippen molar-refractivity contribution in [2.75, 3.05) is 13.1 Å². The molecule has 0 saturated carbocycles. The lowest BCUT2D eigenvalue weighted by atomic mass is 10.3. The summed E-state index contributed by atoms with van der Waals surface area (Å²) >= 11 is 5.61. The van der Waals surface area contributed by atoms with E-state index >= 15 is 0 Å². The van der Waals surface area contributed by atoms with Crippen molar-refractivity contribution >= 4 is 27.5 Å². The third kappa shape index (κ3) is 4.66. The quantitative estimate of drug-likeness (QED) is 0.864. The molecule has 0 aliphatic carbocycles. The highest BCUT2D eigenvalue weighted by Gasteiger charge is 2.26. The van der Waals surface area contributed by atoms with Gasteiger partial charge in [-0.15, -0.1) is 0 Å². The molecule has 21 heavy (non-hydrogen) atoms. The van der Waals surface area contributed by atoms with Gasteiger partial charge >= 0.3 is 0 Å². The minimum atomic E-state index is -3.90. The minimum absolute atomic E-state index is 0.0841. The lowest BCUT2D eigenvalue weighted by Crippen LogP contribution is -2.42. The first-order valence-corrected chi connectivity index (χ1v) is 8.24. The number of halogens is 2. The molecule has 1 rings (SSSR count). The highest BCUT2D eigenvalue weighted by atomic mass is 35.5. The molecule has 8 heteroatoms. The lowest BCUT2D eigenvalue weighted by molar-refractivity contribution is -0.121. The normalized spacial score (nSPS) is 12.0. The smallest absolute Gasteiger partial charge is 0.243 e. The summed E-state index contributed by atoms with van der Waals surface area (Å²) in [5.74, 6) is -1.10. The number of nitrogens with zero attached hydrogens (tertiary/aromatic N) is 1. The molecule has 0 radical (unpaired) electrons. The third-order valence-electron chi connectivity index (χ3n) is 2.65. The first-order valence-electron chi connectivity index (χ1n) is 6.43. The standard InChI is InChI=1S/C13H18ClFN2O3S/c1-4-17(8-13(18)16-9(2)3)21(19,20)10-5-6-12(15)11(14)7-10/h5-7,9H,4,8H2,1-3H3,(H,16,18). The highest BCUT2D eigenvalue weighted by Crippen LogP contribution is 2.22. The number of carbonyl (C=O) groups is 1. The molecule has 5 nitrogen and oxygen atoms in total. The van der Waals surface area contributed by atoms with Crippen LogP contribution in [0.2, 0.25) is 5.02 Å². The predicted molar refractivity (Wildman–Crippen MR) is 79.1 cm³/mol. The number of hydrogen-bond acceptors (Lipinski definition) is 3. The number of sulfonamides is 1. The Hall–Kier alpha value is -1.18. The van der Waals surface area contributed by atoms with Crippen LogP contribution in [0.1, 0.15) is 20.8 Å². The molecule has 1 aromatic rings.